The van der Waals surface area contributed by atoms with Crippen molar-refractivity contribution in [1.29, 1.82) is 0 Å². The minimum atomic E-state index is -1.06. The number of nitrogens with zero attached hydrogens (tertiary/aromatic N) is 4. The average Bonchev–Trinajstić information content (AvgIpc) is 2.81. The van der Waals surface area contributed by atoms with Gasteiger partial charge in [0.25, 0.3) is 0 Å². The molecule has 0 spiro atoms. The molecule has 0 heterocycles. The Morgan fingerprint density at radius 2 is 1.26 bits per heavy atom. The molecule has 0 bridgehead atoms. The maximum Gasteiger partial charge on any atom is 0.341 e. The van der Waals surface area contributed by atoms with E-state index in [4.69, 9.17) is 9.84 Å². The molecule has 0 radical (unpaired) electrons. The Morgan fingerprint density at radius 3 is 1.94 bits per heavy atom. The second-order valence-corrected chi connectivity index (χ2v) is 6.57. The number of aliphatic carboxylic acids is 1. The third-order valence-electron chi connectivity index (χ3n) is 4.37. The van der Waals surface area contributed by atoms with Crippen molar-refractivity contribution in [3.05, 3.63) is 91.0 Å². The first-order valence-corrected chi connectivity index (χ1v) is 9.54. The fourth-order valence-corrected chi connectivity index (χ4v) is 2.90. The zero-order chi connectivity index (χ0) is 21.5. The molecule has 0 saturated heterocycles. The monoisotopic (exact) mass is 410 g/mol. The Bertz CT molecular complexity index is 1250. The van der Waals surface area contributed by atoms with E-state index >= 15 is 0 Å². The molecule has 31 heavy (non-hydrogen) atoms. The van der Waals surface area contributed by atoms with Crippen LogP contribution >= 0.6 is 0 Å². The van der Waals surface area contributed by atoms with E-state index in [0.29, 0.717) is 22.8 Å². The van der Waals surface area contributed by atoms with E-state index in [1.807, 2.05) is 60.7 Å². The summed E-state index contributed by atoms with van der Waals surface area (Å²) >= 11 is 0. The van der Waals surface area contributed by atoms with E-state index < -0.39 is 12.6 Å². The number of fused-ring (bicyclic) bond motifs is 1. The zero-order valence-electron chi connectivity index (χ0n) is 16.4. The Labute approximate surface area is 178 Å². The van der Waals surface area contributed by atoms with E-state index in [1.54, 1.807) is 30.3 Å². The first-order valence-electron chi connectivity index (χ1n) is 9.54. The summed E-state index contributed by atoms with van der Waals surface area (Å²) in [6, 6.07) is 27.8. The molecule has 152 valence electrons. The Kier molecular flexibility index (Phi) is 6.04. The summed E-state index contributed by atoms with van der Waals surface area (Å²) in [6.07, 6.45) is 0. The van der Waals surface area contributed by atoms with Gasteiger partial charge in [-0.05, 0) is 47.9 Å². The van der Waals surface area contributed by atoms with Crippen LogP contribution in [0.2, 0.25) is 0 Å². The van der Waals surface area contributed by atoms with Gasteiger partial charge in [-0.3, -0.25) is 0 Å². The number of rotatable bonds is 7. The fraction of sp³-hybridized carbons (Fsp3) is 0.0417. The summed E-state index contributed by atoms with van der Waals surface area (Å²) in [4.78, 5) is 10.9. The smallest absolute Gasteiger partial charge is 0.341 e. The zero-order valence-corrected chi connectivity index (χ0v) is 16.4. The number of carboxylic acids is 1. The molecule has 4 rings (SSSR count). The van der Waals surface area contributed by atoms with Gasteiger partial charge in [-0.2, -0.15) is 15.3 Å². The molecule has 0 saturated carbocycles. The second kappa shape index (κ2) is 9.41. The number of carbonyl (C=O) groups is 1. The number of azo groups is 2. The molecule has 0 aromatic heterocycles. The molecule has 0 aliphatic rings. The van der Waals surface area contributed by atoms with E-state index in [9.17, 15) is 4.79 Å². The van der Waals surface area contributed by atoms with Crippen LogP contribution in [0, 0.1) is 0 Å². The van der Waals surface area contributed by atoms with E-state index in [0.717, 1.165) is 16.5 Å². The predicted molar refractivity (Wildman–Crippen MR) is 118 cm³/mol. The highest BCUT2D eigenvalue weighted by atomic mass is 16.5. The lowest BCUT2D eigenvalue weighted by atomic mass is 10.1. The molecule has 0 aliphatic carbocycles. The molecule has 0 fully saturated rings. The molecule has 4 aromatic rings. The number of carboxylic acid groups (broad SMARTS) is 1. The van der Waals surface area contributed by atoms with Gasteiger partial charge in [0, 0.05) is 5.39 Å². The maximum atomic E-state index is 10.9. The fourth-order valence-electron chi connectivity index (χ4n) is 2.90. The number of ether oxygens (including phenoxy) is 1. The highest BCUT2D eigenvalue weighted by Crippen LogP contribution is 2.37. The van der Waals surface area contributed by atoms with Gasteiger partial charge < -0.3 is 9.84 Å². The summed E-state index contributed by atoms with van der Waals surface area (Å²) in [5, 5.41) is 27.8. The first-order chi connectivity index (χ1) is 15.2. The van der Waals surface area contributed by atoms with Crippen LogP contribution < -0.4 is 4.74 Å². The average molecular weight is 410 g/mol. The van der Waals surface area contributed by atoms with Crippen molar-refractivity contribution >= 4 is 39.5 Å². The maximum absolute atomic E-state index is 10.9. The van der Waals surface area contributed by atoms with Crippen molar-refractivity contribution in [1.82, 2.24) is 0 Å². The second-order valence-electron chi connectivity index (χ2n) is 6.57. The summed E-state index contributed by atoms with van der Waals surface area (Å²) in [6.45, 7) is -0.456. The highest BCUT2D eigenvalue weighted by Gasteiger charge is 2.10. The SMILES string of the molecule is O=C(O)COc1ccc2ccccc2c1N=Nc1ccc(N=Nc2ccccc2)cc1. The Morgan fingerprint density at radius 1 is 0.677 bits per heavy atom. The lowest BCUT2D eigenvalue weighted by molar-refractivity contribution is -0.139. The van der Waals surface area contributed by atoms with Crippen molar-refractivity contribution in [3.8, 4) is 5.75 Å². The third kappa shape index (κ3) is 5.16. The van der Waals surface area contributed by atoms with E-state index in [-0.39, 0.29) is 0 Å². The molecule has 0 aliphatic heterocycles. The normalized spacial score (nSPS) is 11.4. The quantitative estimate of drug-likeness (QED) is 0.328. The van der Waals surface area contributed by atoms with Crippen LogP contribution in [0.3, 0.4) is 0 Å². The van der Waals surface area contributed by atoms with Crippen molar-refractivity contribution in [2.24, 2.45) is 20.5 Å². The summed E-state index contributed by atoms with van der Waals surface area (Å²) < 4.78 is 5.41. The molecule has 0 amide bonds. The van der Waals surface area contributed by atoms with Crippen LogP contribution in [0.25, 0.3) is 10.8 Å². The minimum absolute atomic E-state index is 0.359. The molecule has 4 aromatic carbocycles. The van der Waals surface area contributed by atoms with E-state index in [1.165, 1.54) is 0 Å². The van der Waals surface area contributed by atoms with Crippen molar-refractivity contribution in [2.75, 3.05) is 6.61 Å². The van der Waals surface area contributed by atoms with Crippen LogP contribution in [0.15, 0.2) is 111 Å². The molecule has 7 nitrogen and oxygen atoms in total. The van der Waals surface area contributed by atoms with Crippen LogP contribution in [-0.4, -0.2) is 17.7 Å². The third-order valence-corrected chi connectivity index (χ3v) is 4.37. The van der Waals surface area contributed by atoms with Gasteiger partial charge in [0.2, 0.25) is 0 Å². The first kappa shape index (κ1) is 19.9. The summed E-state index contributed by atoms with van der Waals surface area (Å²) in [5.74, 6) is -0.700. The molecule has 7 heteroatoms. The Balaban J connectivity index is 1.58. The largest absolute Gasteiger partial charge is 0.480 e. The Hall–Kier alpha value is -4.39. The van der Waals surface area contributed by atoms with Gasteiger partial charge in [0.15, 0.2) is 6.61 Å². The topological polar surface area (TPSA) is 96.0 Å². The van der Waals surface area contributed by atoms with Gasteiger partial charge in [0.05, 0.1) is 17.1 Å². The van der Waals surface area contributed by atoms with Gasteiger partial charge >= 0.3 is 5.97 Å². The van der Waals surface area contributed by atoms with Crippen LogP contribution in [-0.2, 0) is 4.79 Å². The van der Waals surface area contributed by atoms with Crippen LogP contribution in [0.5, 0.6) is 5.75 Å². The number of benzene rings is 4. The van der Waals surface area contributed by atoms with Gasteiger partial charge in [0.1, 0.15) is 11.4 Å². The molecule has 1 N–H and O–H groups in total. The molecular formula is C24H18N4O3. The van der Waals surface area contributed by atoms with Crippen molar-refractivity contribution in [3.63, 3.8) is 0 Å². The summed E-state index contributed by atoms with van der Waals surface area (Å²) in [7, 11) is 0. The molecule has 0 unspecified atom stereocenters. The van der Waals surface area contributed by atoms with Gasteiger partial charge in [-0.25, -0.2) is 4.79 Å². The van der Waals surface area contributed by atoms with Crippen molar-refractivity contribution in [2.45, 2.75) is 0 Å². The highest BCUT2D eigenvalue weighted by molar-refractivity contribution is 5.95. The molecule has 0 atom stereocenters. The van der Waals surface area contributed by atoms with Gasteiger partial charge in [-0.15, -0.1) is 5.11 Å². The molecular weight excluding hydrogens is 392 g/mol. The van der Waals surface area contributed by atoms with Crippen LogP contribution in [0.4, 0.5) is 22.7 Å². The van der Waals surface area contributed by atoms with Gasteiger partial charge in [-0.1, -0.05) is 48.5 Å². The van der Waals surface area contributed by atoms with Crippen LogP contribution in [0.1, 0.15) is 0 Å². The number of hydrogen-bond acceptors (Lipinski definition) is 6. The standard InChI is InChI=1S/C24H18N4O3/c29-23(30)16-31-22-15-10-17-6-4-5-9-21(17)24(22)28-27-20-13-11-19(12-14-20)26-25-18-7-2-1-3-8-18/h1-15H,16H2,(H,29,30). The summed E-state index contributed by atoms with van der Waals surface area (Å²) in [5.41, 5.74) is 2.57. The lowest BCUT2D eigenvalue weighted by Gasteiger charge is -2.09. The van der Waals surface area contributed by atoms with E-state index in [2.05, 4.69) is 20.5 Å². The lowest BCUT2D eigenvalue weighted by Crippen LogP contribution is -2.09. The van der Waals surface area contributed by atoms with Crippen molar-refractivity contribution < 1.29 is 14.6 Å². The predicted octanol–water partition coefficient (Wildman–Crippen LogP) is 7.13. The number of hydrogen-bond donors (Lipinski definition) is 1. The minimum Gasteiger partial charge on any atom is -0.480 e.